The Kier molecular flexibility index (Phi) is 4.10. The second-order valence-electron chi connectivity index (χ2n) is 2.67. The molecule has 0 bridgehead atoms. The van der Waals surface area contributed by atoms with Gasteiger partial charge in [-0.25, -0.2) is 0 Å². The van der Waals surface area contributed by atoms with Gasteiger partial charge in [-0.1, -0.05) is 51.5 Å². The predicted octanol–water partition coefficient (Wildman–Crippen LogP) is 3.55. The van der Waals surface area contributed by atoms with E-state index in [4.69, 9.17) is 0 Å². The fourth-order valence-corrected chi connectivity index (χ4v) is 1.22. The highest BCUT2D eigenvalue weighted by Gasteiger charge is 2.06. The average Bonchev–Trinajstić information content (AvgIpc) is 2.18. The fourth-order valence-electron chi connectivity index (χ4n) is 1.22. The summed E-state index contributed by atoms with van der Waals surface area (Å²) >= 11 is 0. The lowest BCUT2D eigenvalue weighted by atomic mass is 10.0. The quantitative estimate of drug-likeness (QED) is 0.547. The zero-order chi connectivity index (χ0) is 6.69. The summed E-state index contributed by atoms with van der Waals surface area (Å²) in [6, 6.07) is 0. The van der Waals surface area contributed by atoms with Crippen molar-refractivity contribution in [2.75, 3.05) is 0 Å². The summed E-state index contributed by atoms with van der Waals surface area (Å²) in [5.41, 5.74) is 1.59. The van der Waals surface area contributed by atoms with Crippen LogP contribution in [-0.4, -0.2) is 0 Å². The van der Waals surface area contributed by atoms with Crippen molar-refractivity contribution in [1.29, 1.82) is 0 Å². The van der Waals surface area contributed by atoms with Gasteiger partial charge in [0.2, 0.25) is 0 Å². The topological polar surface area (TPSA) is 0 Å². The van der Waals surface area contributed by atoms with E-state index in [2.05, 4.69) is 32.1 Å². The Labute approximate surface area is 64.6 Å². The Morgan fingerprint density at radius 3 is 2.60 bits per heavy atom. The van der Waals surface area contributed by atoms with E-state index in [0.717, 1.165) is 0 Å². The molecule has 58 valence electrons. The third-order valence-corrected chi connectivity index (χ3v) is 1.83. The van der Waals surface area contributed by atoms with Gasteiger partial charge in [-0.2, -0.15) is 0 Å². The molecule has 0 aromatic carbocycles. The van der Waals surface area contributed by atoms with Gasteiger partial charge in [-0.3, -0.25) is 0 Å². The van der Waals surface area contributed by atoms with Crippen molar-refractivity contribution in [1.82, 2.24) is 0 Å². The predicted molar refractivity (Wildman–Crippen MR) is 48.0 cm³/mol. The van der Waals surface area contributed by atoms with Crippen LogP contribution in [0.4, 0.5) is 0 Å². The molecule has 0 saturated heterocycles. The molecule has 1 atom stereocenters. The highest BCUT2D eigenvalue weighted by atomic mass is 14.1. The molecule has 0 heteroatoms. The number of hydrogen-bond acceptors (Lipinski definition) is 0. The van der Waals surface area contributed by atoms with Crippen LogP contribution >= 0.6 is 0 Å². The Morgan fingerprint density at radius 2 is 2.20 bits per heavy atom. The third-order valence-electron chi connectivity index (χ3n) is 1.83. The first-order valence-corrected chi connectivity index (χ1v) is 3.72. The van der Waals surface area contributed by atoms with Crippen LogP contribution in [0.3, 0.4) is 0 Å². The zero-order valence-corrected chi connectivity index (χ0v) is 6.22. The smallest absolute Gasteiger partial charge is 0.00454 e. The molecule has 0 nitrogen and oxygen atoms in total. The van der Waals surface area contributed by atoms with Gasteiger partial charge in [0.15, 0.2) is 0 Å². The van der Waals surface area contributed by atoms with Crippen LogP contribution in [0.1, 0.15) is 34.1 Å². The summed E-state index contributed by atoms with van der Waals surface area (Å²) in [5, 5.41) is 0. The van der Waals surface area contributed by atoms with Gasteiger partial charge >= 0.3 is 0 Å². The molecule has 1 aliphatic carbocycles. The van der Waals surface area contributed by atoms with E-state index >= 15 is 0 Å². The van der Waals surface area contributed by atoms with Crippen LogP contribution in [0.5, 0.6) is 0 Å². The Hall–Kier alpha value is -0.520. The van der Waals surface area contributed by atoms with E-state index in [1.807, 2.05) is 0 Å². The summed E-state index contributed by atoms with van der Waals surface area (Å²) in [6.45, 7) is 4.48. The Balaban J connectivity index is 0.000000810. The molecule has 0 aliphatic heterocycles. The second kappa shape index (κ2) is 4.32. The third kappa shape index (κ3) is 2.02. The molecule has 0 aromatic heterocycles. The van der Waals surface area contributed by atoms with Gasteiger partial charge in [0.05, 0.1) is 0 Å². The van der Waals surface area contributed by atoms with Gasteiger partial charge < -0.3 is 0 Å². The van der Waals surface area contributed by atoms with E-state index in [9.17, 15) is 0 Å². The van der Waals surface area contributed by atoms with Crippen molar-refractivity contribution in [2.45, 2.75) is 34.1 Å². The lowest BCUT2D eigenvalue weighted by Gasteiger charge is -2.04. The van der Waals surface area contributed by atoms with E-state index in [-0.39, 0.29) is 7.43 Å². The minimum absolute atomic E-state index is 0. The van der Waals surface area contributed by atoms with Crippen LogP contribution in [0.25, 0.3) is 0 Å². The number of rotatable bonds is 2. The first kappa shape index (κ1) is 9.48. The summed E-state index contributed by atoms with van der Waals surface area (Å²) in [6.07, 6.45) is 9.21. The molecule has 0 saturated carbocycles. The first-order valence-electron chi connectivity index (χ1n) is 3.72. The molecular formula is C10H18. The monoisotopic (exact) mass is 138 g/mol. The SMILES string of the molecule is C.CCCC1=CC=CC1C. The average molecular weight is 138 g/mol. The first-order chi connectivity index (χ1) is 4.34. The molecule has 0 fully saturated rings. The Bertz CT molecular complexity index is 140. The fraction of sp³-hybridized carbons (Fsp3) is 0.600. The van der Waals surface area contributed by atoms with Crippen molar-refractivity contribution in [3.8, 4) is 0 Å². The molecule has 1 rings (SSSR count). The molecular weight excluding hydrogens is 120 g/mol. The summed E-state index contributed by atoms with van der Waals surface area (Å²) in [4.78, 5) is 0. The molecule has 1 unspecified atom stereocenters. The maximum atomic E-state index is 2.25. The van der Waals surface area contributed by atoms with Crippen molar-refractivity contribution in [3.63, 3.8) is 0 Å². The lowest BCUT2D eigenvalue weighted by Crippen LogP contribution is -1.89. The van der Waals surface area contributed by atoms with E-state index in [1.165, 1.54) is 12.8 Å². The molecule has 0 radical (unpaired) electrons. The van der Waals surface area contributed by atoms with Crippen molar-refractivity contribution >= 4 is 0 Å². The van der Waals surface area contributed by atoms with E-state index < -0.39 is 0 Å². The molecule has 0 spiro atoms. The van der Waals surface area contributed by atoms with Crippen LogP contribution in [0, 0.1) is 5.92 Å². The lowest BCUT2D eigenvalue weighted by molar-refractivity contribution is 0.774. The Morgan fingerprint density at radius 1 is 1.50 bits per heavy atom. The molecule has 10 heavy (non-hydrogen) atoms. The van der Waals surface area contributed by atoms with Crippen LogP contribution in [0.15, 0.2) is 23.8 Å². The van der Waals surface area contributed by atoms with Crippen LogP contribution < -0.4 is 0 Å². The van der Waals surface area contributed by atoms with Gasteiger partial charge in [-0.15, -0.1) is 0 Å². The van der Waals surface area contributed by atoms with Gasteiger partial charge in [0, 0.05) is 0 Å². The minimum Gasteiger partial charge on any atom is -0.0776 e. The second-order valence-corrected chi connectivity index (χ2v) is 2.67. The van der Waals surface area contributed by atoms with E-state index in [0.29, 0.717) is 5.92 Å². The highest BCUT2D eigenvalue weighted by Crippen LogP contribution is 2.22. The van der Waals surface area contributed by atoms with Gasteiger partial charge in [-0.05, 0) is 12.3 Å². The molecule has 1 aliphatic rings. The van der Waals surface area contributed by atoms with E-state index in [1.54, 1.807) is 5.57 Å². The largest absolute Gasteiger partial charge is 0.0776 e. The van der Waals surface area contributed by atoms with Crippen molar-refractivity contribution < 1.29 is 0 Å². The molecule has 0 amide bonds. The number of hydrogen-bond donors (Lipinski definition) is 0. The molecule has 0 heterocycles. The van der Waals surface area contributed by atoms with Crippen molar-refractivity contribution in [3.05, 3.63) is 23.8 Å². The van der Waals surface area contributed by atoms with Gasteiger partial charge in [0.1, 0.15) is 0 Å². The highest BCUT2D eigenvalue weighted by molar-refractivity contribution is 5.26. The van der Waals surface area contributed by atoms with Crippen LogP contribution in [-0.2, 0) is 0 Å². The summed E-state index contributed by atoms with van der Waals surface area (Å²) in [5.74, 6) is 0.713. The van der Waals surface area contributed by atoms with Crippen molar-refractivity contribution in [2.24, 2.45) is 5.92 Å². The minimum atomic E-state index is 0. The standard InChI is InChI=1S/C9H14.CH4/c1-3-5-9-7-4-6-8(9)2;/h4,6-8H,3,5H2,1-2H3;1H4. The number of allylic oxidation sites excluding steroid dienone is 4. The van der Waals surface area contributed by atoms with Crippen LogP contribution in [0.2, 0.25) is 0 Å². The normalized spacial score (nSPS) is 22.2. The van der Waals surface area contributed by atoms with Gasteiger partial charge in [0.25, 0.3) is 0 Å². The molecule has 0 aromatic rings. The maximum absolute atomic E-state index is 2.25. The molecule has 0 N–H and O–H groups in total. The summed E-state index contributed by atoms with van der Waals surface area (Å²) < 4.78 is 0. The summed E-state index contributed by atoms with van der Waals surface area (Å²) in [7, 11) is 0. The maximum Gasteiger partial charge on any atom is -0.00454 e. The zero-order valence-electron chi connectivity index (χ0n) is 6.22.